The van der Waals surface area contributed by atoms with Gasteiger partial charge in [0, 0.05) is 10.6 Å². The molecule has 0 saturated heterocycles. The zero-order chi connectivity index (χ0) is 15.1. The number of anilines is 1. The first-order valence-corrected chi connectivity index (χ1v) is 8.11. The first-order valence-electron chi connectivity index (χ1n) is 7.30. The lowest BCUT2D eigenvalue weighted by Gasteiger charge is -2.06. The number of rotatable bonds is 2. The fraction of sp³-hybridized carbons (Fsp3) is 0.105. The molecule has 0 unspecified atom stereocenters. The maximum absolute atomic E-state index is 12.2. The smallest absolute Gasteiger partial charge is 0.265 e. The SMILES string of the molecule is Cc1ccc(C(=O)Nc2ccc3c(c2)Cc2ccccc2-3)s1. The van der Waals surface area contributed by atoms with Crippen LogP contribution in [0, 0.1) is 6.92 Å². The van der Waals surface area contributed by atoms with Crippen molar-refractivity contribution in [2.24, 2.45) is 0 Å². The highest BCUT2D eigenvalue weighted by atomic mass is 32.1. The Morgan fingerprint density at radius 3 is 2.64 bits per heavy atom. The summed E-state index contributed by atoms with van der Waals surface area (Å²) < 4.78 is 0. The van der Waals surface area contributed by atoms with E-state index in [0.29, 0.717) is 0 Å². The summed E-state index contributed by atoms with van der Waals surface area (Å²) in [5.41, 5.74) is 6.09. The van der Waals surface area contributed by atoms with Crippen molar-refractivity contribution in [1.29, 1.82) is 0 Å². The predicted octanol–water partition coefficient (Wildman–Crippen LogP) is 4.88. The number of carbonyl (C=O) groups excluding carboxylic acids is 1. The first-order chi connectivity index (χ1) is 10.7. The number of aryl methyl sites for hydroxylation is 1. The third-order valence-corrected chi connectivity index (χ3v) is 5.02. The molecule has 0 radical (unpaired) electrons. The van der Waals surface area contributed by atoms with Crippen molar-refractivity contribution in [3.8, 4) is 11.1 Å². The van der Waals surface area contributed by atoms with Crippen molar-refractivity contribution >= 4 is 22.9 Å². The van der Waals surface area contributed by atoms with Crippen LogP contribution in [-0.2, 0) is 6.42 Å². The molecule has 1 aliphatic rings. The Kier molecular flexibility index (Phi) is 3.09. The second kappa shape index (κ2) is 5.11. The molecule has 1 amide bonds. The van der Waals surface area contributed by atoms with Crippen LogP contribution >= 0.6 is 11.3 Å². The lowest BCUT2D eigenvalue weighted by atomic mass is 10.1. The van der Waals surface area contributed by atoms with Gasteiger partial charge >= 0.3 is 0 Å². The van der Waals surface area contributed by atoms with E-state index in [9.17, 15) is 4.79 Å². The summed E-state index contributed by atoms with van der Waals surface area (Å²) in [4.78, 5) is 14.1. The van der Waals surface area contributed by atoms with Crippen LogP contribution in [0.4, 0.5) is 5.69 Å². The molecular formula is C19H15NOS. The van der Waals surface area contributed by atoms with Gasteiger partial charge in [0.2, 0.25) is 0 Å². The van der Waals surface area contributed by atoms with Gasteiger partial charge in [-0.25, -0.2) is 0 Å². The zero-order valence-electron chi connectivity index (χ0n) is 12.2. The van der Waals surface area contributed by atoms with Gasteiger partial charge in [-0.2, -0.15) is 0 Å². The van der Waals surface area contributed by atoms with Gasteiger partial charge in [-0.15, -0.1) is 11.3 Å². The fourth-order valence-electron chi connectivity index (χ4n) is 2.97. The highest BCUT2D eigenvalue weighted by Crippen LogP contribution is 2.37. The van der Waals surface area contributed by atoms with Crippen molar-refractivity contribution in [3.63, 3.8) is 0 Å². The van der Waals surface area contributed by atoms with E-state index >= 15 is 0 Å². The largest absolute Gasteiger partial charge is 0.321 e. The Bertz CT molecular complexity index is 879. The summed E-state index contributed by atoms with van der Waals surface area (Å²) in [5.74, 6) is -0.0337. The van der Waals surface area contributed by atoms with E-state index < -0.39 is 0 Å². The van der Waals surface area contributed by atoms with Gasteiger partial charge in [-0.3, -0.25) is 4.79 Å². The lowest BCUT2D eigenvalue weighted by molar-refractivity contribution is 0.103. The second-order valence-corrected chi connectivity index (χ2v) is 6.86. The van der Waals surface area contributed by atoms with Crippen LogP contribution in [-0.4, -0.2) is 5.91 Å². The van der Waals surface area contributed by atoms with Crippen molar-refractivity contribution in [3.05, 3.63) is 75.5 Å². The van der Waals surface area contributed by atoms with Crippen LogP contribution in [0.5, 0.6) is 0 Å². The lowest BCUT2D eigenvalue weighted by Crippen LogP contribution is -2.10. The van der Waals surface area contributed by atoms with Gasteiger partial charge in [-0.05, 0) is 59.9 Å². The molecular weight excluding hydrogens is 290 g/mol. The topological polar surface area (TPSA) is 29.1 Å². The second-order valence-electron chi connectivity index (χ2n) is 5.57. The van der Waals surface area contributed by atoms with Gasteiger partial charge in [0.05, 0.1) is 4.88 Å². The van der Waals surface area contributed by atoms with E-state index in [1.165, 1.54) is 33.6 Å². The van der Waals surface area contributed by atoms with Crippen LogP contribution in [0.15, 0.2) is 54.6 Å². The third kappa shape index (κ3) is 2.24. The summed E-state index contributed by atoms with van der Waals surface area (Å²) in [5, 5.41) is 3.00. The molecule has 2 aromatic carbocycles. The van der Waals surface area contributed by atoms with Gasteiger partial charge in [-0.1, -0.05) is 30.3 Å². The Morgan fingerprint density at radius 1 is 1.00 bits per heavy atom. The summed E-state index contributed by atoms with van der Waals surface area (Å²) in [6, 6.07) is 18.5. The highest BCUT2D eigenvalue weighted by molar-refractivity contribution is 7.14. The molecule has 3 heteroatoms. The van der Waals surface area contributed by atoms with Gasteiger partial charge in [0.25, 0.3) is 5.91 Å². The third-order valence-electron chi connectivity index (χ3n) is 4.02. The molecule has 2 nitrogen and oxygen atoms in total. The molecule has 1 aliphatic carbocycles. The summed E-state index contributed by atoms with van der Waals surface area (Å²) >= 11 is 1.52. The average molecular weight is 305 g/mol. The van der Waals surface area contributed by atoms with E-state index in [2.05, 4.69) is 41.7 Å². The molecule has 3 aromatic rings. The minimum atomic E-state index is -0.0337. The summed E-state index contributed by atoms with van der Waals surface area (Å²) in [6.45, 7) is 2.01. The number of amides is 1. The van der Waals surface area contributed by atoms with Crippen LogP contribution in [0.3, 0.4) is 0 Å². The van der Waals surface area contributed by atoms with Crippen molar-refractivity contribution in [1.82, 2.24) is 0 Å². The van der Waals surface area contributed by atoms with Gasteiger partial charge in [0.15, 0.2) is 0 Å². The maximum Gasteiger partial charge on any atom is 0.265 e. The number of fused-ring (bicyclic) bond motifs is 3. The predicted molar refractivity (Wildman–Crippen MR) is 91.7 cm³/mol. The van der Waals surface area contributed by atoms with Gasteiger partial charge in [0.1, 0.15) is 0 Å². The number of hydrogen-bond acceptors (Lipinski definition) is 2. The molecule has 108 valence electrons. The highest BCUT2D eigenvalue weighted by Gasteiger charge is 2.18. The Hall–Kier alpha value is -2.39. The van der Waals surface area contributed by atoms with E-state index in [4.69, 9.17) is 0 Å². The number of thiophene rings is 1. The molecule has 4 rings (SSSR count). The molecule has 0 saturated carbocycles. The van der Waals surface area contributed by atoms with E-state index in [0.717, 1.165) is 21.9 Å². The molecule has 0 bridgehead atoms. The zero-order valence-corrected chi connectivity index (χ0v) is 13.0. The molecule has 1 heterocycles. The normalized spacial score (nSPS) is 11.9. The molecule has 0 atom stereocenters. The first kappa shape index (κ1) is 13.3. The summed E-state index contributed by atoms with van der Waals surface area (Å²) in [7, 11) is 0. The van der Waals surface area contributed by atoms with Crippen LogP contribution in [0.25, 0.3) is 11.1 Å². The van der Waals surface area contributed by atoms with E-state index in [1.54, 1.807) is 0 Å². The molecule has 0 aliphatic heterocycles. The number of nitrogens with one attached hydrogen (secondary N) is 1. The van der Waals surface area contributed by atoms with E-state index in [-0.39, 0.29) is 5.91 Å². The van der Waals surface area contributed by atoms with Crippen LogP contribution in [0.1, 0.15) is 25.7 Å². The molecule has 1 N–H and O–H groups in total. The Labute approximate surface area is 133 Å². The molecule has 1 aromatic heterocycles. The fourth-order valence-corrected chi connectivity index (χ4v) is 3.73. The van der Waals surface area contributed by atoms with Crippen molar-refractivity contribution in [2.75, 3.05) is 5.32 Å². The van der Waals surface area contributed by atoms with Crippen molar-refractivity contribution < 1.29 is 4.79 Å². The average Bonchev–Trinajstić information content (AvgIpc) is 3.10. The minimum Gasteiger partial charge on any atom is -0.321 e. The standard InChI is InChI=1S/C19H15NOS/c1-12-6-9-18(22-12)19(21)20-15-7-8-17-14(11-15)10-13-4-2-3-5-16(13)17/h2-9,11H,10H2,1H3,(H,20,21). The monoisotopic (exact) mass is 305 g/mol. The molecule has 0 spiro atoms. The van der Waals surface area contributed by atoms with Gasteiger partial charge < -0.3 is 5.32 Å². The Balaban J connectivity index is 1.61. The maximum atomic E-state index is 12.2. The Morgan fingerprint density at radius 2 is 1.82 bits per heavy atom. The molecule has 0 fully saturated rings. The number of benzene rings is 2. The number of hydrogen-bond donors (Lipinski definition) is 1. The quantitative estimate of drug-likeness (QED) is 0.562. The number of carbonyl (C=O) groups is 1. The minimum absolute atomic E-state index is 0.0337. The molecule has 22 heavy (non-hydrogen) atoms. The summed E-state index contributed by atoms with van der Waals surface area (Å²) in [6.07, 6.45) is 0.938. The van der Waals surface area contributed by atoms with E-state index in [1.807, 2.05) is 25.1 Å². The van der Waals surface area contributed by atoms with Crippen molar-refractivity contribution in [2.45, 2.75) is 13.3 Å². The van der Waals surface area contributed by atoms with Crippen LogP contribution in [0.2, 0.25) is 0 Å². The van der Waals surface area contributed by atoms with Crippen LogP contribution < -0.4 is 5.32 Å².